The van der Waals surface area contributed by atoms with Crippen molar-refractivity contribution in [3.63, 3.8) is 0 Å². The summed E-state index contributed by atoms with van der Waals surface area (Å²) < 4.78 is 12.9. The average Bonchev–Trinajstić information content (AvgIpc) is 2.96. The Bertz CT molecular complexity index is 835. The molecule has 0 bridgehead atoms. The zero-order valence-corrected chi connectivity index (χ0v) is 13.6. The average molecular weight is 349 g/mol. The molecule has 8 nitrogen and oxygen atoms in total. The fourth-order valence-electron chi connectivity index (χ4n) is 1.93. The molecule has 0 saturated carbocycles. The number of aryl methyl sites for hydroxylation is 1. The predicted octanol–water partition coefficient (Wildman–Crippen LogP) is 3.01. The first-order valence-electron chi connectivity index (χ1n) is 7.07. The third-order valence-corrected chi connectivity index (χ3v) is 3.35. The fraction of sp³-hybridized carbons (Fsp3) is 0.214. The van der Waals surface area contributed by atoms with E-state index in [0.717, 1.165) is 18.1 Å². The zero-order valence-electron chi connectivity index (χ0n) is 12.9. The van der Waals surface area contributed by atoms with E-state index in [-0.39, 0.29) is 6.04 Å². The van der Waals surface area contributed by atoms with Gasteiger partial charge in [0, 0.05) is 11.8 Å². The fourth-order valence-corrected chi connectivity index (χ4v) is 2.07. The van der Waals surface area contributed by atoms with Gasteiger partial charge in [0.15, 0.2) is 17.5 Å². The van der Waals surface area contributed by atoms with Crippen molar-refractivity contribution in [2.24, 2.45) is 0 Å². The highest BCUT2D eigenvalue weighted by atomic mass is 35.5. The maximum absolute atomic E-state index is 12.9. The van der Waals surface area contributed by atoms with Gasteiger partial charge in [-0.15, -0.1) is 0 Å². The van der Waals surface area contributed by atoms with Crippen molar-refractivity contribution in [1.29, 1.82) is 0 Å². The first-order chi connectivity index (χ1) is 11.5. The van der Waals surface area contributed by atoms with Crippen LogP contribution in [0.15, 0.2) is 24.7 Å². The van der Waals surface area contributed by atoms with Crippen molar-refractivity contribution in [3.8, 4) is 0 Å². The summed E-state index contributed by atoms with van der Waals surface area (Å²) in [6, 6.07) is 1.51. The Labute approximate surface area is 141 Å². The number of nitrogens with zero attached hydrogens (tertiary/aromatic N) is 5. The number of hydrogen-bond donors (Lipinski definition) is 3. The van der Waals surface area contributed by atoms with Crippen molar-refractivity contribution < 1.29 is 4.39 Å². The second kappa shape index (κ2) is 6.75. The van der Waals surface area contributed by atoms with Gasteiger partial charge in [0.1, 0.15) is 10.8 Å². The van der Waals surface area contributed by atoms with Crippen LogP contribution in [-0.4, -0.2) is 30.1 Å². The molecule has 0 aliphatic rings. The van der Waals surface area contributed by atoms with Gasteiger partial charge in [0.25, 0.3) is 0 Å². The molecule has 0 aromatic carbocycles. The van der Waals surface area contributed by atoms with E-state index in [0.29, 0.717) is 28.4 Å². The molecule has 3 aromatic rings. The summed E-state index contributed by atoms with van der Waals surface area (Å²) in [4.78, 5) is 16.3. The van der Waals surface area contributed by atoms with E-state index in [1.807, 2.05) is 19.9 Å². The van der Waals surface area contributed by atoms with Gasteiger partial charge in [-0.1, -0.05) is 11.6 Å². The van der Waals surface area contributed by atoms with Crippen LogP contribution in [0, 0.1) is 12.7 Å². The number of rotatable bonds is 5. The van der Waals surface area contributed by atoms with Crippen LogP contribution in [0.2, 0.25) is 5.02 Å². The highest BCUT2D eigenvalue weighted by Gasteiger charge is 2.12. The lowest BCUT2D eigenvalue weighted by Gasteiger charge is -2.13. The quantitative estimate of drug-likeness (QED) is 0.651. The van der Waals surface area contributed by atoms with Gasteiger partial charge >= 0.3 is 0 Å². The molecule has 3 heterocycles. The molecule has 0 aliphatic carbocycles. The third kappa shape index (κ3) is 3.74. The monoisotopic (exact) mass is 348 g/mol. The topological polar surface area (TPSA) is 104 Å². The normalized spacial score (nSPS) is 12.0. The van der Waals surface area contributed by atoms with E-state index < -0.39 is 5.82 Å². The highest BCUT2D eigenvalue weighted by Crippen LogP contribution is 2.24. The molecule has 24 heavy (non-hydrogen) atoms. The Balaban J connectivity index is 1.76. The van der Waals surface area contributed by atoms with Crippen molar-refractivity contribution in [3.05, 3.63) is 47.0 Å². The number of nitrogens with one attached hydrogen (secondary N) is 3. The summed E-state index contributed by atoms with van der Waals surface area (Å²) in [7, 11) is 0. The van der Waals surface area contributed by atoms with Crippen molar-refractivity contribution in [1.82, 2.24) is 30.1 Å². The Morgan fingerprint density at radius 1 is 1.21 bits per heavy atom. The number of halogens is 2. The van der Waals surface area contributed by atoms with Crippen LogP contribution in [0.3, 0.4) is 0 Å². The van der Waals surface area contributed by atoms with E-state index in [9.17, 15) is 4.39 Å². The number of aromatic amines is 1. The first-order valence-corrected chi connectivity index (χ1v) is 7.44. The van der Waals surface area contributed by atoms with Crippen molar-refractivity contribution >= 4 is 29.2 Å². The largest absolute Gasteiger partial charge is 0.344 e. The molecule has 0 aliphatic heterocycles. The molecule has 0 unspecified atom stereocenters. The Kier molecular flexibility index (Phi) is 4.52. The van der Waals surface area contributed by atoms with E-state index in [1.54, 1.807) is 0 Å². The summed E-state index contributed by atoms with van der Waals surface area (Å²) >= 11 is 6.10. The van der Waals surface area contributed by atoms with Crippen LogP contribution < -0.4 is 10.6 Å². The van der Waals surface area contributed by atoms with Crippen LogP contribution >= 0.6 is 11.6 Å². The molecule has 0 amide bonds. The maximum Gasteiger partial charge on any atom is 0.225 e. The Morgan fingerprint density at radius 3 is 2.62 bits per heavy atom. The molecule has 3 aromatic heterocycles. The number of aromatic nitrogens is 6. The molecular formula is C14H14ClFN8. The first kappa shape index (κ1) is 16.1. The SMILES string of the molecule is Cc1cc(Nc2nc(N[C@H](C)c3ncc(F)cn3)ncc2Cl)n[nH]1. The molecule has 10 heteroatoms. The van der Waals surface area contributed by atoms with Gasteiger partial charge in [0.05, 0.1) is 24.6 Å². The molecule has 124 valence electrons. The lowest BCUT2D eigenvalue weighted by molar-refractivity contribution is 0.604. The van der Waals surface area contributed by atoms with Gasteiger partial charge < -0.3 is 10.6 Å². The smallest absolute Gasteiger partial charge is 0.225 e. The number of hydrogen-bond acceptors (Lipinski definition) is 7. The second-order valence-electron chi connectivity index (χ2n) is 5.08. The van der Waals surface area contributed by atoms with Gasteiger partial charge in [-0.05, 0) is 13.8 Å². The minimum Gasteiger partial charge on any atom is -0.344 e. The van der Waals surface area contributed by atoms with E-state index in [1.165, 1.54) is 6.20 Å². The molecule has 1 atom stereocenters. The van der Waals surface area contributed by atoms with Gasteiger partial charge in [0.2, 0.25) is 5.95 Å². The number of H-pyrrole nitrogens is 1. The second-order valence-corrected chi connectivity index (χ2v) is 5.48. The summed E-state index contributed by atoms with van der Waals surface area (Å²) in [5, 5.41) is 13.3. The zero-order chi connectivity index (χ0) is 17.1. The number of anilines is 3. The Hall–Kier alpha value is -2.81. The highest BCUT2D eigenvalue weighted by molar-refractivity contribution is 6.32. The minimum atomic E-state index is -0.491. The van der Waals surface area contributed by atoms with E-state index in [2.05, 4.69) is 40.8 Å². The summed E-state index contributed by atoms with van der Waals surface area (Å²) in [5.41, 5.74) is 0.906. The maximum atomic E-state index is 12.9. The van der Waals surface area contributed by atoms with Gasteiger partial charge in [-0.2, -0.15) is 10.1 Å². The molecule has 0 saturated heterocycles. The molecule has 0 fully saturated rings. The predicted molar refractivity (Wildman–Crippen MR) is 87.7 cm³/mol. The lowest BCUT2D eigenvalue weighted by atomic mass is 10.3. The molecular weight excluding hydrogens is 335 g/mol. The molecule has 0 radical (unpaired) electrons. The van der Waals surface area contributed by atoms with Crippen LogP contribution in [-0.2, 0) is 0 Å². The van der Waals surface area contributed by atoms with E-state index in [4.69, 9.17) is 11.6 Å². The third-order valence-electron chi connectivity index (χ3n) is 3.07. The summed E-state index contributed by atoms with van der Waals surface area (Å²) in [6.07, 6.45) is 3.68. The molecule has 3 rings (SSSR count). The summed E-state index contributed by atoms with van der Waals surface area (Å²) in [6.45, 7) is 3.70. The van der Waals surface area contributed by atoms with E-state index >= 15 is 0 Å². The van der Waals surface area contributed by atoms with Crippen LogP contribution in [0.5, 0.6) is 0 Å². The van der Waals surface area contributed by atoms with Crippen LogP contribution in [0.1, 0.15) is 24.5 Å². The minimum absolute atomic E-state index is 0.313. The Morgan fingerprint density at radius 2 is 1.96 bits per heavy atom. The molecule has 0 spiro atoms. The summed E-state index contributed by atoms with van der Waals surface area (Å²) in [5.74, 6) is 1.26. The molecule has 3 N–H and O–H groups in total. The standard InChI is InChI=1S/C14H14ClFN8/c1-7-3-11(24-23-7)21-13-10(15)6-19-14(22-13)20-8(2)12-17-4-9(16)5-18-12/h3-6,8H,1-2H3,(H3,19,20,21,22,23,24)/t8-/m1/s1. The van der Waals surface area contributed by atoms with Gasteiger partial charge in [-0.3, -0.25) is 5.10 Å². The van der Waals surface area contributed by atoms with Crippen molar-refractivity contribution in [2.45, 2.75) is 19.9 Å². The van der Waals surface area contributed by atoms with Crippen molar-refractivity contribution in [2.75, 3.05) is 10.6 Å². The van der Waals surface area contributed by atoms with Crippen LogP contribution in [0.25, 0.3) is 0 Å². The van der Waals surface area contributed by atoms with Gasteiger partial charge in [-0.25, -0.2) is 19.3 Å². The lowest BCUT2D eigenvalue weighted by Crippen LogP contribution is -2.13. The van der Waals surface area contributed by atoms with Crippen LogP contribution in [0.4, 0.5) is 22.0 Å².